The molecule has 0 radical (unpaired) electrons. The number of nitrogens with one attached hydrogen (secondary N) is 1. The molecule has 0 bridgehead atoms. The topological polar surface area (TPSA) is 79.5 Å². The van der Waals surface area contributed by atoms with Gasteiger partial charge in [0.2, 0.25) is 5.91 Å². The predicted octanol–water partition coefficient (Wildman–Crippen LogP) is 4.88. The standard InChI is InChI=1S/C20H23NO4/c1-12(2)17-11-16(25-19(17)13(3)4)9-10-18(22)21-15-7-5-14(6-8-15)20(23)24/h5-13H,1-4H3,(H,21,22)(H,23,24). The summed E-state index contributed by atoms with van der Waals surface area (Å²) in [6, 6.07) is 7.95. The number of anilines is 1. The fourth-order valence-electron chi connectivity index (χ4n) is 2.46. The monoisotopic (exact) mass is 341 g/mol. The van der Waals surface area contributed by atoms with Gasteiger partial charge in [0, 0.05) is 17.7 Å². The molecule has 0 aliphatic heterocycles. The molecule has 1 aromatic heterocycles. The lowest BCUT2D eigenvalue weighted by molar-refractivity contribution is -0.111. The Morgan fingerprint density at radius 1 is 1.08 bits per heavy atom. The van der Waals surface area contributed by atoms with E-state index in [4.69, 9.17) is 9.52 Å². The highest BCUT2D eigenvalue weighted by atomic mass is 16.4. The number of hydrogen-bond donors (Lipinski definition) is 2. The first-order chi connectivity index (χ1) is 11.8. The Balaban J connectivity index is 2.07. The second-order valence-electron chi connectivity index (χ2n) is 6.48. The smallest absolute Gasteiger partial charge is 0.335 e. The number of rotatable bonds is 6. The average Bonchev–Trinajstić information content (AvgIpc) is 2.98. The molecule has 0 aliphatic carbocycles. The summed E-state index contributed by atoms with van der Waals surface area (Å²) < 4.78 is 5.85. The number of benzene rings is 1. The van der Waals surface area contributed by atoms with Crippen LogP contribution in [0.4, 0.5) is 5.69 Å². The van der Waals surface area contributed by atoms with Crippen LogP contribution in [0.3, 0.4) is 0 Å². The fourth-order valence-corrected chi connectivity index (χ4v) is 2.46. The molecule has 25 heavy (non-hydrogen) atoms. The van der Waals surface area contributed by atoms with Crippen LogP contribution in [0.15, 0.2) is 40.8 Å². The molecule has 1 amide bonds. The molecular weight excluding hydrogens is 318 g/mol. The Labute approximate surface area is 147 Å². The van der Waals surface area contributed by atoms with Gasteiger partial charge in [-0.05, 0) is 47.9 Å². The van der Waals surface area contributed by atoms with Crippen molar-refractivity contribution in [1.29, 1.82) is 0 Å². The summed E-state index contributed by atoms with van der Waals surface area (Å²) in [5.41, 5.74) is 1.86. The number of aromatic carboxylic acids is 1. The predicted molar refractivity (Wildman–Crippen MR) is 98.0 cm³/mol. The van der Waals surface area contributed by atoms with Gasteiger partial charge in [0.1, 0.15) is 11.5 Å². The molecule has 0 fully saturated rings. The van der Waals surface area contributed by atoms with E-state index in [2.05, 4.69) is 33.0 Å². The van der Waals surface area contributed by atoms with E-state index in [-0.39, 0.29) is 17.4 Å². The van der Waals surface area contributed by atoms with Crippen molar-refractivity contribution < 1.29 is 19.1 Å². The van der Waals surface area contributed by atoms with Gasteiger partial charge < -0.3 is 14.8 Å². The Hall–Kier alpha value is -2.82. The number of carbonyl (C=O) groups is 2. The molecule has 5 heteroatoms. The molecule has 0 saturated carbocycles. The van der Waals surface area contributed by atoms with Gasteiger partial charge in [-0.15, -0.1) is 0 Å². The fraction of sp³-hybridized carbons (Fsp3) is 0.300. The van der Waals surface area contributed by atoms with Crippen molar-refractivity contribution in [1.82, 2.24) is 0 Å². The van der Waals surface area contributed by atoms with Gasteiger partial charge in [-0.3, -0.25) is 4.79 Å². The molecule has 2 N–H and O–H groups in total. The van der Waals surface area contributed by atoms with E-state index in [1.807, 2.05) is 6.07 Å². The van der Waals surface area contributed by atoms with Crippen LogP contribution in [-0.2, 0) is 4.79 Å². The van der Waals surface area contributed by atoms with Crippen LogP contribution >= 0.6 is 0 Å². The third-order valence-corrected chi connectivity index (χ3v) is 3.75. The van der Waals surface area contributed by atoms with Crippen molar-refractivity contribution in [3.05, 3.63) is 59.1 Å². The van der Waals surface area contributed by atoms with E-state index >= 15 is 0 Å². The molecule has 2 aromatic rings. The van der Waals surface area contributed by atoms with Crippen LogP contribution in [0.2, 0.25) is 0 Å². The Bertz CT molecular complexity index is 757. The van der Waals surface area contributed by atoms with Crippen molar-refractivity contribution >= 4 is 23.6 Å². The van der Waals surface area contributed by atoms with Gasteiger partial charge in [-0.2, -0.15) is 0 Å². The van der Waals surface area contributed by atoms with Crippen molar-refractivity contribution in [2.75, 3.05) is 5.32 Å². The first kappa shape index (κ1) is 18.5. The molecule has 5 nitrogen and oxygen atoms in total. The van der Waals surface area contributed by atoms with Gasteiger partial charge in [0.25, 0.3) is 0 Å². The highest BCUT2D eigenvalue weighted by Gasteiger charge is 2.15. The van der Waals surface area contributed by atoms with Gasteiger partial charge in [0.15, 0.2) is 0 Å². The van der Waals surface area contributed by atoms with E-state index in [0.29, 0.717) is 17.4 Å². The molecule has 0 saturated heterocycles. The first-order valence-corrected chi connectivity index (χ1v) is 8.24. The molecule has 0 atom stereocenters. The van der Waals surface area contributed by atoms with Crippen LogP contribution in [0.25, 0.3) is 6.08 Å². The summed E-state index contributed by atoms with van der Waals surface area (Å²) >= 11 is 0. The molecule has 1 aromatic carbocycles. The number of carboxylic acid groups (broad SMARTS) is 1. The minimum Gasteiger partial charge on any atom is -0.478 e. The van der Waals surface area contributed by atoms with E-state index in [9.17, 15) is 9.59 Å². The van der Waals surface area contributed by atoms with Crippen LogP contribution in [0.1, 0.15) is 67.0 Å². The second kappa shape index (κ2) is 7.83. The van der Waals surface area contributed by atoms with Crippen molar-refractivity contribution in [3.8, 4) is 0 Å². The molecule has 0 unspecified atom stereocenters. The zero-order chi connectivity index (χ0) is 18.6. The van der Waals surface area contributed by atoms with Crippen molar-refractivity contribution in [3.63, 3.8) is 0 Å². The summed E-state index contributed by atoms with van der Waals surface area (Å²) in [4.78, 5) is 22.8. The third kappa shape index (κ3) is 4.83. The molecule has 0 spiro atoms. The van der Waals surface area contributed by atoms with Crippen LogP contribution in [-0.4, -0.2) is 17.0 Å². The summed E-state index contributed by atoms with van der Waals surface area (Å²) in [6.07, 6.45) is 3.04. The van der Waals surface area contributed by atoms with E-state index in [0.717, 1.165) is 11.3 Å². The zero-order valence-electron chi connectivity index (χ0n) is 14.9. The highest BCUT2D eigenvalue weighted by Crippen LogP contribution is 2.30. The maximum atomic E-state index is 12.0. The van der Waals surface area contributed by atoms with E-state index < -0.39 is 5.97 Å². The van der Waals surface area contributed by atoms with Gasteiger partial charge in [-0.25, -0.2) is 4.79 Å². The van der Waals surface area contributed by atoms with Crippen LogP contribution < -0.4 is 5.32 Å². The minimum absolute atomic E-state index is 0.173. The minimum atomic E-state index is -1.00. The lowest BCUT2D eigenvalue weighted by Gasteiger charge is -2.07. The third-order valence-electron chi connectivity index (χ3n) is 3.75. The lowest BCUT2D eigenvalue weighted by atomic mass is 9.98. The molecule has 0 aliphatic rings. The van der Waals surface area contributed by atoms with Crippen LogP contribution in [0.5, 0.6) is 0 Å². The lowest BCUT2D eigenvalue weighted by Crippen LogP contribution is -2.08. The van der Waals surface area contributed by atoms with E-state index in [1.165, 1.54) is 18.2 Å². The normalized spacial score (nSPS) is 11.4. The number of furan rings is 1. The molecule has 1 heterocycles. The van der Waals surface area contributed by atoms with Crippen LogP contribution in [0, 0.1) is 0 Å². The molecule has 132 valence electrons. The zero-order valence-corrected chi connectivity index (χ0v) is 14.9. The molecule has 2 rings (SSSR count). The van der Waals surface area contributed by atoms with E-state index in [1.54, 1.807) is 18.2 Å². The van der Waals surface area contributed by atoms with Gasteiger partial charge >= 0.3 is 5.97 Å². The largest absolute Gasteiger partial charge is 0.478 e. The number of hydrogen-bond acceptors (Lipinski definition) is 3. The van der Waals surface area contributed by atoms with Gasteiger partial charge in [0.05, 0.1) is 5.56 Å². The Morgan fingerprint density at radius 3 is 2.20 bits per heavy atom. The first-order valence-electron chi connectivity index (χ1n) is 8.24. The summed E-state index contributed by atoms with van der Waals surface area (Å²) in [5, 5.41) is 11.5. The second-order valence-corrected chi connectivity index (χ2v) is 6.48. The Kier molecular flexibility index (Phi) is 5.80. The Morgan fingerprint density at radius 2 is 1.72 bits per heavy atom. The summed E-state index contributed by atoms with van der Waals surface area (Å²) in [5.74, 6) is 0.906. The highest BCUT2D eigenvalue weighted by molar-refractivity contribution is 6.02. The maximum absolute atomic E-state index is 12.0. The van der Waals surface area contributed by atoms with Crippen molar-refractivity contribution in [2.45, 2.75) is 39.5 Å². The maximum Gasteiger partial charge on any atom is 0.335 e. The van der Waals surface area contributed by atoms with Crippen molar-refractivity contribution in [2.24, 2.45) is 0 Å². The average molecular weight is 341 g/mol. The number of carbonyl (C=O) groups excluding carboxylic acids is 1. The van der Waals surface area contributed by atoms with Gasteiger partial charge in [-0.1, -0.05) is 27.7 Å². The quantitative estimate of drug-likeness (QED) is 0.734. The number of carboxylic acids is 1. The molecular formula is C20H23NO4. The summed E-state index contributed by atoms with van der Waals surface area (Å²) in [6.45, 7) is 8.37. The number of amides is 1. The summed E-state index contributed by atoms with van der Waals surface area (Å²) in [7, 11) is 0. The SMILES string of the molecule is CC(C)c1cc(C=CC(=O)Nc2ccc(C(=O)O)cc2)oc1C(C)C.